The second kappa shape index (κ2) is 19.2. The van der Waals surface area contributed by atoms with Gasteiger partial charge >= 0.3 is 0 Å². The average molecular weight is 979 g/mol. The van der Waals surface area contributed by atoms with E-state index in [0.29, 0.717) is 83.6 Å². The fraction of sp³-hybridized carbons (Fsp3) is 0.600. The summed E-state index contributed by atoms with van der Waals surface area (Å²) in [6.07, 6.45) is 15.2. The number of nitrogens with zero attached hydrogens (tertiary/aromatic N) is 10. The first-order valence-corrected chi connectivity index (χ1v) is 27.2. The van der Waals surface area contributed by atoms with Crippen LogP contribution in [-0.4, -0.2) is 159 Å². The maximum atomic E-state index is 15.2. The monoisotopic (exact) mass is 979 g/mol. The first-order chi connectivity index (χ1) is 35.0. The van der Waals surface area contributed by atoms with Crippen molar-refractivity contribution in [3.8, 4) is 11.3 Å². The number of hydrogen-bond donors (Lipinski definition) is 2. The van der Waals surface area contributed by atoms with Gasteiger partial charge < -0.3 is 34.4 Å². The van der Waals surface area contributed by atoms with Crippen LogP contribution in [0, 0.1) is 5.92 Å². The Kier molecular flexibility index (Phi) is 12.5. The first-order valence-electron chi connectivity index (χ1n) is 27.2. The molecule has 1 aromatic carbocycles. The Hall–Kier alpha value is -5.94. The summed E-state index contributed by atoms with van der Waals surface area (Å²) in [5, 5.41) is 6.13. The molecule has 5 amide bonds. The van der Waals surface area contributed by atoms with Gasteiger partial charge in [0.05, 0.1) is 35.4 Å². The molecular weight excluding hydrogens is 909 g/mol. The van der Waals surface area contributed by atoms with Gasteiger partial charge in [0.15, 0.2) is 5.82 Å². The number of fused-ring (bicyclic) bond motifs is 3. The summed E-state index contributed by atoms with van der Waals surface area (Å²) in [4.78, 5) is 94.8. The lowest BCUT2D eigenvalue weighted by molar-refractivity contribution is -0.140. The molecule has 72 heavy (non-hydrogen) atoms. The second-order valence-corrected chi connectivity index (χ2v) is 22.4. The number of piperazine rings is 1. The van der Waals surface area contributed by atoms with Crippen molar-refractivity contribution in [3.05, 3.63) is 60.0 Å². The van der Waals surface area contributed by atoms with Crippen LogP contribution >= 0.6 is 0 Å². The summed E-state index contributed by atoms with van der Waals surface area (Å²) >= 11 is 0. The number of piperidine rings is 4. The summed E-state index contributed by atoms with van der Waals surface area (Å²) in [7, 11) is 0. The number of nitrogens with one attached hydrogen (secondary N) is 2. The number of imidazole rings is 1. The molecule has 12 rings (SSSR count). The number of carbonyl (C=O) groups excluding carboxylic acids is 5. The van der Waals surface area contributed by atoms with Crippen LogP contribution in [0.5, 0.6) is 0 Å². The summed E-state index contributed by atoms with van der Waals surface area (Å²) in [5.74, 6) is 1.29. The predicted octanol–water partition coefficient (Wildman–Crippen LogP) is 5.45. The molecule has 380 valence electrons. The number of amides is 5. The number of anilines is 3. The van der Waals surface area contributed by atoms with E-state index >= 15 is 4.79 Å². The number of pyridine rings is 2. The number of carbonyl (C=O) groups is 5. The summed E-state index contributed by atoms with van der Waals surface area (Å²) in [6, 6.07) is 13.9. The number of likely N-dealkylation sites (tertiary alicyclic amines) is 2. The van der Waals surface area contributed by atoms with Crippen LogP contribution in [0.25, 0.3) is 22.3 Å². The van der Waals surface area contributed by atoms with Crippen molar-refractivity contribution in [2.24, 2.45) is 5.92 Å². The van der Waals surface area contributed by atoms with Crippen LogP contribution in [0.1, 0.15) is 120 Å². The molecule has 9 heterocycles. The minimum Gasteiger partial charge on any atom is -0.366 e. The predicted molar refractivity (Wildman–Crippen MR) is 275 cm³/mol. The van der Waals surface area contributed by atoms with E-state index in [1.807, 2.05) is 28.3 Å². The second-order valence-electron chi connectivity index (χ2n) is 22.4. The third kappa shape index (κ3) is 8.81. The van der Waals surface area contributed by atoms with Crippen LogP contribution in [0.4, 0.5) is 17.3 Å². The molecule has 3 aromatic heterocycles. The van der Waals surface area contributed by atoms with E-state index < -0.39 is 5.41 Å². The maximum absolute atomic E-state index is 15.2. The molecule has 0 bridgehead atoms. The Balaban J connectivity index is 0.676. The van der Waals surface area contributed by atoms with Gasteiger partial charge in [0.1, 0.15) is 11.3 Å². The van der Waals surface area contributed by atoms with Gasteiger partial charge in [-0.3, -0.25) is 34.2 Å². The van der Waals surface area contributed by atoms with Crippen LogP contribution < -0.4 is 20.4 Å². The summed E-state index contributed by atoms with van der Waals surface area (Å²) < 4.78 is 2.20. The zero-order valence-corrected chi connectivity index (χ0v) is 42.1. The summed E-state index contributed by atoms with van der Waals surface area (Å²) in [6.45, 7) is 12.0. The lowest BCUT2D eigenvalue weighted by Gasteiger charge is -2.48. The largest absolute Gasteiger partial charge is 0.366 e. The van der Waals surface area contributed by atoms with Crippen molar-refractivity contribution in [1.29, 1.82) is 0 Å². The molecule has 0 radical (unpaired) electrons. The fourth-order valence-electron chi connectivity index (χ4n) is 13.0. The van der Waals surface area contributed by atoms with Crippen molar-refractivity contribution >= 4 is 57.9 Å². The van der Waals surface area contributed by atoms with Gasteiger partial charge in [-0.05, 0) is 127 Å². The van der Waals surface area contributed by atoms with Gasteiger partial charge in [0.2, 0.25) is 29.5 Å². The molecule has 5 saturated heterocycles. The number of rotatable bonds is 11. The Labute approximate surface area is 422 Å². The third-order valence-corrected chi connectivity index (χ3v) is 17.7. The smallest absolute Gasteiger partial charge is 0.238 e. The number of imide groups is 1. The highest BCUT2D eigenvalue weighted by Gasteiger charge is 2.56. The number of aromatic nitrogens is 4. The van der Waals surface area contributed by atoms with Crippen LogP contribution in [-0.2, 0) is 29.4 Å². The van der Waals surface area contributed by atoms with Crippen molar-refractivity contribution < 1.29 is 24.0 Å². The van der Waals surface area contributed by atoms with Crippen LogP contribution in [0.3, 0.4) is 0 Å². The van der Waals surface area contributed by atoms with Crippen molar-refractivity contribution in [2.75, 3.05) is 87.1 Å². The molecule has 6 aliphatic heterocycles. The molecule has 0 unspecified atom stereocenters. The molecule has 2 N–H and O–H groups in total. The highest BCUT2D eigenvalue weighted by molar-refractivity contribution is 6.09. The third-order valence-electron chi connectivity index (χ3n) is 17.7. The topological polar surface area (TPSA) is 172 Å². The standard InChI is InChI=1S/C55H70N12O5/c1-35(2)66-34-57-45-31-44(59-51(50(45)66)58-39-8-9-39)37-6-11-43-46(28-37)67(41-29-40(30-41)62-18-4-3-5-19-62)54(72)55(43)16-22-64(23-17-55)49(69)33-61-24-26-65(27-25-61)53(71)36-14-20-63(21-15-36)47-12-7-38(32-56-47)42-10-13-48(68)60-52(42)70/h6-7,11-12,28,31-32,34-36,39-42H,3-5,8-10,13-27,29-30,33H2,1-2H3,(H,58,59)(H,60,68,70)/t40?,41?,42-/m1/s1. The molecule has 17 nitrogen and oxygen atoms in total. The van der Waals surface area contributed by atoms with E-state index in [0.717, 1.165) is 115 Å². The minimum absolute atomic E-state index is 0.0484. The van der Waals surface area contributed by atoms with E-state index in [2.05, 4.69) is 77.9 Å². The highest BCUT2D eigenvalue weighted by Crippen LogP contribution is 2.52. The lowest BCUT2D eigenvalue weighted by Crippen LogP contribution is -2.59. The molecule has 1 atom stereocenters. The van der Waals surface area contributed by atoms with Gasteiger partial charge in [-0.1, -0.05) is 24.6 Å². The summed E-state index contributed by atoms with van der Waals surface area (Å²) in [5.41, 5.74) is 6.04. The van der Waals surface area contributed by atoms with Crippen molar-refractivity contribution in [3.63, 3.8) is 0 Å². The van der Waals surface area contributed by atoms with E-state index in [4.69, 9.17) is 9.97 Å². The number of benzene rings is 1. The SMILES string of the molecule is CC(C)n1cnc2cc(-c3ccc4c(c3)N(C3CC(N5CCCCC5)C3)C(=O)C43CCN(C(=O)CN4CCN(C(=O)C5CCN(c6ccc([C@H]7CCC(=O)NC7=O)cn6)CC5)CC4)CC3)nc(NC3CC3)c21. The van der Waals surface area contributed by atoms with E-state index in [1.165, 1.54) is 19.3 Å². The zero-order chi connectivity index (χ0) is 49.3. The molecule has 8 aliphatic rings. The van der Waals surface area contributed by atoms with E-state index in [9.17, 15) is 19.2 Å². The average Bonchev–Trinajstić information content (AvgIpc) is 4.05. The molecule has 17 heteroatoms. The molecule has 7 fully saturated rings. The van der Waals surface area contributed by atoms with Crippen molar-refractivity contribution in [2.45, 2.75) is 133 Å². The van der Waals surface area contributed by atoms with Gasteiger partial charge in [0.25, 0.3) is 0 Å². The van der Waals surface area contributed by atoms with Gasteiger partial charge in [0, 0.05) is 106 Å². The van der Waals surface area contributed by atoms with Gasteiger partial charge in [-0.2, -0.15) is 0 Å². The molecule has 1 spiro atoms. The Morgan fingerprint density at radius 1 is 0.806 bits per heavy atom. The van der Waals surface area contributed by atoms with Crippen LogP contribution in [0.2, 0.25) is 0 Å². The molecule has 2 saturated carbocycles. The normalized spacial score (nSPS) is 25.3. The molecular formula is C55H70N12O5. The van der Waals surface area contributed by atoms with Gasteiger partial charge in [-0.15, -0.1) is 0 Å². The quantitative estimate of drug-likeness (QED) is 0.182. The lowest BCUT2D eigenvalue weighted by atomic mass is 9.73. The van der Waals surface area contributed by atoms with Crippen molar-refractivity contribution in [1.82, 2.24) is 44.4 Å². The Morgan fingerprint density at radius 3 is 2.26 bits per heavy atom. The highest BCUT2D eigenvalue weighted by atomic mass is 16.2. The Morgan fingerprint density at radius 2 is 1.57 bits per heavy atom. The molecule has 4 aromatic rings. The zero-order valence-electron chi connectivity index (χ0n) is 42.1. The van der Waals surface area contributed by atoms with E-state index in [-0.39, 0.29) is 53.5 Å². The Bertz CT molecular complexity index is 2740. The first kappa shape index (κ1) is 47.1. The number of hydrogen-bond acceptors (Lipinski definition) is 12. The van der Waals surface area contributed by atoms with Crippen LogP contribution in [0.15, 0.2) is 48.9 Å². The van der Waals surface area contributed by atoms with Gasteiger partial charge in [-0.25, -0.2) is 15.0 Å². The minimum atomic E-state index is -0.673. The molecule has 2 aliphatic carbocycles. The maximum Gasteiger partial charge on any atom is 0.238 e. The van der Waals surface area contributed by atoms with E-state index in [1.54, 1.807) is 6.20 Å². The fourth-order valence-corrected chi connectivity index (χ4v) is 13.0.